The lowest BCUT2D eigenvalue weighted by molar-refractivity contribution is -0.136. The molecule has 2 fully saturated rings. The van der Waals surface area contributed by atoms with Gasteiger partial charge >= 0.3 is 0 Å². The van der Waals surface area contributed by atoms with Gasteiger partial charge in [-0.05, 0) is 50.1 Å². The molecule has 0 aliphatic carbocycles. The largest absolute Gasteiger partial charge is 0.366 e. The van der Waals surface area contributed by atoms with Gasteiger partial charge in [0.25, 0.3) is 0 Å². The molecule has 2 atom stereocenters. The molecule has 2 saturated heterocycles. The molecule has 2 aliphatic rings. The normalized spacial score (nSPS) is 20.4. The van der Waals surface area contributed by atoms with Crippen LogP contribution < -0.4 is 4.90 Å². The van der Waals surface area contributed by atoms with Crippen LogP contribution in [-0.2, 0) is 11.3 Å². The Hall–Kier alpha value is -2.68. The Morgan fingerprint density at radius 1 is 1.03 bits per heavy atom. The molecule has 0 spiro atoms. The number of carbonyl (C=O) groups excluding carboxylic acids is 1. The van der Waals surface area contributed by atoms with E-state index in [0.29, 0.717) is 43.4 Å². The molecule has 2 aliphatic heterocycles. The summed E-state index contributed by atoms with van der Waals surface area (Å²) in [7, 11) is 0. The van der Waals surface area contributed by atoms with Crippen LogP contribution in [-0.4, -0.2) is 69.7 Å². The number of amides is 1. The van der Waals surface area contributed by atoms with E-state index in [1.54, 1.807) is 23.9 Å². The minimum Gasteiger partial charge on any atom is -0.366 e. The van der Waals surface area contributed by atoms with Gasteiger partial charge in [0, 0.05) is 60.9 Å². The van der Waals surface area contributed by atoms with Crippen LogP contribution >= 0.6 is 23.4 Å². The summed E-state index contributed by atoms with van der Waals surface area (Å²) in [4.78, 5) is 29.2. The van der Waals surface area contributed by atoms with Crippen molar-refractivity contribution in [1.82, 2.24) is 19.8 Å². The number of likely N-dealkylation sites (tertiary alicyclic amines) is 1. The summed E-state index contributed by atoms with van der Waals surface area (Å²) >= 11 is 8.13. The van der Waals surface area contributed by atoms with E-state index in [1.165, 1.54) is 6.07 Å². The number of nitrogens with zero attached hydrogens (tertiary/aromatic N) is 5. The highest BCUT2D eigenvalue weighted by molar-refractivity contribution is 7.99. The molecule has 0 radical (unpaired) electrons. The zero-order chi connectivity index (χ0) is 25.9. The van der Waals surface area contributed by atoms with Crippen molar-refractivity contribution in [3.8, 4) is 0 Å². The van der Waals surface area contributed by atoms with Crippen LogP contribution in [0.5, 0.6) is 0 Å². The molecule has 3 heterocycles. The van der Waals surface area contributed by atoms with Crippen LogP contribution in [0.25, 0.3) is 0 Å². The molecule has 0 saturated carbocycles. The molecule has 6 nitrogen and oxygen atoms in total. The smallest absolute Gasteiger partial charge is 0.240 e. The van der Waals surface area contributed by atoms with E-state index in [-0.39, 0.29) is 23.0 Å². The van der Waals surface area contributed by atoms with Crippen molar-refractivity contribution < 1.29 is 9.18 Å². The third-order valence-corrected chi connectivity index (χ3v) is 8.44. The van der Waals surface area contributed by atoms with Crippen molar-refractivity contribution in [2.45, 2.75) is 43.3 Å². The lowest BCUT2D eigenvalue weighted by atomic mass is 10.1. The number of hydrogen-bond acceptors (Lipinski definition) is 6. The summed E-state index contributed by atoms with van der Waals surface area (Å²) in [6.45, 7) is 7.67. The van der Waals surface area contributed by atoms with Crippen LogP contribution in [0, 0.1) is 19.7 Å². The van der Waals surface area contributed by atoms with E-state index in [4.69, 9.17) is 11.6 Å². The number of rotatable bonds is 6. The summed E-state index contributed by atoms with van der Waals surface area (Å²) < 4.78 is 14.3. The molecule has 1 amide bonds. The Morgan fingerprint density at radius 3 is 2.41 bits per heavy atom. The van der Waals surface area contributed by atoms with Gasteiger partial charge in [0.15, 0.2) is 5.16 Å². The van der Waals surface area contributed by atoms with Crippen LogP contribution in [0.4, 0.5) is 10.1 Å². The highest BCUT2D eigenvalue weighted by Gasteiger charge is 2.40. The first-order valence-electron chi connectivity index (χ1n) is 12.6. The van der Waals surface area contributed by atoms with Gasteiger partial charge in [-0.1, -0.05) is 53.7 Å². The number of benzene rings is 2. The Labute approximate surface area is 226 Å². The predicted molar refractivity (Wildman–Crippen MR) is 147 cm³/mol. The minimum absolute atomic E-state index is 0.129. The van der Waals surface area contributed by atoms with Crippen LogP contribution in [0.3, 0.4) is 0 Å². The van der Waals surface area contributed by atoms with E-state index in [9.17, 15) is 9.18 Å². The van der Waals surface area contributed by atoms with Gasteiger partial charge in [-0.25, -0.2) is 14.4 Å². The maximum absolute atomic E-state index is 14.3. The number of piperazine rings is 1. The number of carbonyl (C=O) groups is 1. The quantitative estimate of drug-likeness (QED) is 0.412. The fourth-order valence-electron chi connectivity index (χ4n) is 5.21. The number of aromatic nitrogens is 2. The first-order chi connectivity index (χ1) is 17.9. The number of halogens is 2. The number of para-hydroxylation sites is 1. The number of aryl methyl sites for hydroxylation is 2. The topological polar surface area (TPSA) is 52.6 Å². The predicted octanol–water partition coefficient (Wildman–Crippen LogP) is 4.97. The number of hydrogen-bond donors (Lipinski definition) is 0. The fourth-order valence-corrected chi connectivity index (χ4v) is 6.64. The van der Waals surface area contributed by atoms with Gasteiger partial charge in [0.1, 0.15) is 5.82 Å². The first-order valence-corrected chi connectivity index (χ1v) is 13.9. The van der Waals surface area contributed by atoms with Gasteiger partial charge in [-0.3, -0.25) is 9.69 Å². The monoisotopic (exact) mass is 539 g/mol. The van der Waals surface area contributed by atoms with Crippen molar-refractivity contribution in [1.29, 1.82) is 0 Å². The second-order valence-electron chi connectivity index (χ2n) is 9.71. The van der Waals surface area contributed by atoms with Gasteiger partial charge in [0.05, 0.1) is 11.7 Å². The van der Waals surface area contributed by atoms with Crippen LogP contribution in [0.1, 0.15) is 23.4 Å². The summed E-state index contributed by atoms with van der Waals surface area (Å²) in [5, 5.41) is 1.66. The van der Waals surface area contributed by atoms with E-state index < -0.39 is 0 Å². The highest BCUT2D eigenvalue weighted by atomic mass is 35.5. The lowest BCUT2D eigenvalue weighted by Crippen LogP contribution is -2.53. The second kappa shape index (κ2) is 11.4. The van der Waals surface area contributed by atoms with Crippen LogP contribution in [0.2, 0.25) is 5.02 Å². The number of thioether (sulfide) groups is 1. The molecule has 1 aromatic heterocycles. The maximum Gasteiger partial charge on any atom is 0.240 e. The van der Waals surface area contributed by atoms with E-state index in [1.807, 2.05) is 60.0 Å². The molecule has 37 heavy (non-hydrogen) atoms. The molecule has 2 aromatic carbocycles. The van der Waals surface area contributed by atoms with E-state index in [0.717, 1.165) is 35.1 Å². The Kier molecular flexibility index (Phi) is 7.98. The summed E-state index contributed by atoms with van der Waals surface area (Å²) in [6.07, 6.45) is 0.720. The Morgan fingerprint density at radius 2 is 1.70 bits per heavy atom. The number of anilines is 1. The molecule has 9 heteroatoms. The van der Waals surface area contributed by atoms with Crippen molar-refractivity contribution in [3.05, 3.63) is 82.4 Å². The van der Waals surface area contributed by atoms with Gasteiger partial charge < -0.3 is 9.80 Å². The molecular weight excluding hydrogens is 509 g/mol. The van der Waals surface area contributed by atoms with E-state index in [2.05, 4.69) is 14.9 Å². The average molecular weight is 540 g/mol. The zero-order valence-electron chi connectivity index (χ0n) is 21.1. The molecule has 0 unspecified atom stereocenters. The first kappa shape index (κ1) is 25.9. The fraction of sp³-hybridized carbons (Fsp3) is 0.393. The van der Waals surface area contributed by atoms with Crippen molar-refractivity contribution >= 4 is 35.0 Å². The van der Waals surface area contributed by atoms with Crippen molar-refractivity contribution in [2.75, 3.05) is 37.6 Å². The van der Waals surface area contributed by atoms with Crippen molar-refractivity contribution in [2.24, 2.45) is 0 Å². The molecule has 3 aromatic rings. The Bertz CT molecular complexity index is 1250. The molecular formula is C28H31ClFN5OS. The third-order valence-electron chi connectivity index (χ3n) is 7.00. The minimum atomic E-state index is -0.250. The maximum atomic E-state index is 14.3. The molecule has 194 valence electrons. The molecule has 0 bridgehead atoms. The molecule has 5 rings (SSSR count). The van der Waals surface area contributed by atoms with Crippen LogP contribution in [0.15, 0.2) is 59.8 Å². The van der Waals surface area contributed by atoms with Gasteiger partial charge in [-0.15, -0.1) is 0 Å². The summed E-state index contributed by atoms with van der Waals surface area (Å²) in [6, 6.07) is 16.3. The summed E-state index contributed by atoms with van der Waals surface area (Å²) in [5.41, 5.74) is 3.50. The van der Waals surface area contributed by atoms with Crippen molar-refractivity contribution in [3.63, 3.8) is 0 Å². The standard InChI is InChI=1S/C28H31ClFN5OS/c1-19-15-20(2)32-28(31-19)37-22-16-26(35(18-22)17-21-7-3-4-8-23(21)29)27(36)34-13-11-33(12-14-34)25-10-6-5-9-24(25)30/h3-10,15,22,26H,11-14,16-18H2,1-2H3/t22-,26+/m1/s1. The second-order valence-corrected chi connectivity index (χ2v) is 11.4. The third kappa shape index (κ3) is 6.08. The van der Waals surface area contributed by atoms with E-state index >= 15 is 0 Å². The Balaban J connectivity index is 1.30. The summed E-state index contributed by atoms with van der Waals surface area (Å²) in [5.74, 6) is -0.0952. The SMILES string of the molecule is Cc1cc(C)nc(S[C@@H]2C[C@@H](C(=O)N3CCN(c4ccccc4F)CC3)N(Cc3ccccc3Cl)C2)n1. The van der Waals surface area contributed by atoms with Gasteiger partial charge in [0.2, 0.25) is 5.91 Å². The lowest BCUT2D eigenvalue weighted by Gasteiger charge is -2.38. The highest BCUT2D eigenvalue weighted by Crippen LogP contribution is 2.34. The average Bonchev–Trinajstić information content (AvgIpc) is 3.26. The van der Waals surface area contributed by atoms with Gasteiger partial charge in [-0.2, -0.15) is 0 Å². The molecule has 0 N–H and O–H groups in total. The zero-order valence-corrected chi connectivity index (χ0v) is 22.7.